The van der Waals surface area contributed by atoms with Crippen LogP contribution >= 0.6 is 7.82 Å². The molecule has 0 spiro atoms. The van der Waals surface area contributed by atoms with Crippen LogP contribution in [0.3, 0.4) is 0 Å². The first-order chi connectivity index (χ1) is 9.08. The average Bonchev–Trinajstić information content (AvgIpc) is 2.41. The maximum Gasteiger partial charge on any atom is 0.469 e. The van der Waals surface area contributed by atoms with Gasteiger partial charge in [-0.3, -0.25) is 4.52 Å². The Morgan fingerprint density at radius 3 is 1.30 bits per heavy atom. The van der Waals surface area contributed by atoms with E-state index in [1.165, 1.54) is 0 Å². The molecule has 0 aliphatic rings. The van der Waals surface area contributed by atoms with Gasteiger partial charge >= 0.3 is 7.82 Å². The van der Waals surface area contributed by atoms with Gasteiger partial charge in [0, 0.05) is 0 Å². The van der Waals surface area contributed by atoms with Crippen LogP contribution in [0.15, 0.2) is 0 Å². The highest BCUT2D eigenvalue weighted by atomic mass is 31.2. The molecule has 0 heterocycles. The lowest BCUT2D eigenvalue weighted by atomic mass is 10.2. The van der Waals surface area contributed by atoms with Crippen molar-refractivity contribution in [1.29, 1.82) is 0 Å². The molecule has 0 saturated carbocycles. The van der Waals surface area contributed by atoms with Crippen molar-refractivity contribution in [3.63, 3.8) is 0 Å². The molecule has 124 valence electrons. The second kappa shape index (κ2) is 11.5. The molecule has 0 unspecified atom stereocenters. The maximum absolute atomic E-state index is 10.1. The Morgan fingerprint density at radius 1 is 0.750 bits per heavy atom. The molecule has 0 fully saturated rings. The first-order valence-electron chi connectivity index (χ1n) is 5.33. The molecule has 0 bridgehead atoms. The van der Waals surface area contributed by atoms with Gasteiger partial charge in [-0.05, 0) is 0 Å². The Morgan fingerprint density at radius 2 is 1.05 bits per heavy atom. The fourth-order valence-electron chi connectivity index (χ4n) is 0.650. The van der Waals surface area contributed by atoms with Crippen LogP contribution in [-0.2, 0) is 9.09 Å². The Hall–Kier alpha value is -0.170. The summed E-state index contributed by atoms with van der Waals surface area (Å²) in [6.07, 6.45) is -5.42. The van der Waals surface area contributed by atoms with Crippen LogP contribution in [0.2, 0.25) is 0 Å². The summed E-state index contributed by atoms with van der Waals surface area (Å²) >= 11 is 0. The van der Waals surface area contributed by atoms with E-state index < -0.39 is 58.7 Å². The van der Waals surface area contributed by atoms with Crippen LogP contribution in [-0.4, -0.2) is 96.4 Å². The normalized spacial score (nSPS) is 17.6. The van der Waals surface area contributed by atoms with Crippen molar-refractivity contribution in [2.24, 2.45) is 0 Å². The minimum Gasteiger partial charge on any atom is -0.394 e. The van der Waals surface area contributed by atoms with Crippen LogP contribution in [0, 0.1) is 0 Å². The lowest BCUT2D eigenvalue weighted by molar-refractivity contribution is -0.0388. The van der Waals surface area contributed by atoms with E-state index in [4.69, 9.17) is 45.5 Å². The van der Waals surface area contributed by atoms with E-state index in [1.807, 2.05) is 0 Å². The highest BCUT2D eigenvalue weighted by Gasteiger charge is 2.21. The van der Waals surface area contributed by atoms with Crippen molar-refractivity contribution in [2.75, 3.05) is 26.4 Å². The summed E-state index contributed by atoms with van der Waals surface area (Å²) in [7, 11) is -4.62. The summed E-state index contributed by atoms with van der Waals surface area (Å²) in [5, 5.41) is 58.9. The summed E-state index contributed by atoms with van der Waals surface area (Å²) in [6.45, 7) is -2.48. The summed E-state index contributed by atoms with van der Waals surface area (Å²) in [4.78, 5) is 16.3. The topological polar surface area (TPSA) is 208 Å². The molecule has 0 aromatic rings. The third-order valence-corrected chi connectivity index (χ3v) is 2.35. The van der Waals surface area contributed by atoms with Crippen LogP contribution < -0.4 is 0 Å². The zero-order valence-electron chi connectivity index (χ0n) is 10.4. The summed E-state index contributed by atoms with van der Waals surface area (Å²) < 4.78 is 13.9. The van der Waals surface area contributed by atoms with Crippen molar-refractivity contribution in [2.45, 2.75) is 24.4 Å². The molecule has 0 radical (unpaired) electrons. The molecule has 0 aromatic carbocycles. The molecule has 12 heteroatoms. The molecular weight excluding hydrogens is 303 g/mol. The first-order valence-corrected chi connectivity index (χ1v) is 6.87. The molecular formula is C8H21O11P. The lowest BCUT2D eigenvalue weighted by Crippen LogP contribution is -2.32. The van der Waals surface area contributed by atoms with Crippen molar-refractivity contribution >= 4 is 7.82 Å². The largest absolute Gasteiger partial charge is 0.469 e. The minimum absolute atomic E-state index is 0.526. The Labute approximate surface area is 114 Å². The number of hydrogen-bond acceptors (Lipinski definition) is 9. The quantitative estimate of drug-likeness (QED) is 0.194. The van der Waals surface area contributed by atoms with Gasteiger partial charge < -0.3 is 45.5 Å². The molecule has 0 aliphatic carbocycles. The monoisotopic (exact) mass is 324 g/mol. The highest BCUT2D eigenvalue weighted by molar-refractivity contribution is 7.46. The lowest BCUT2D eigenvalue weighted by Gasteiger charge is -2.15. The molecule has 0 rings (SSSR count). The Balaban J connectivity index is 0. The number of aliphatic hydroxyl groups is 7. The first kappa shape index (κ1) is 22.1. The van der Waals surface area contributed by atoms with Gasteiger partial charge in [-0.2, -0.15) is 0 Å². The summed E-state index contributed by atoms with van der Waals surface area (Å²) in [6, 6.07) is 0. The van der Waals surface area contributed by atoms with Crippen LogP contribution in [0.25, 0.3) is 0 Å². The SMILES string of the molecule is O=P(O)(O)OC[C@@H](O)[C@H](O)CO.OC[C@H](O)[C@@H](O)CO. The van der Waals surface area contributed by atoms with Gasteiger partial charge in [-0.1, -0.05) is 0 Å². The number of rotatable bonds is 8. The van der Waals surface area contributed by atoms with Crippen LogP contribution in [0.4, 0.5) is 0 Å². The van der Waals surface area contributed by atoms with E-state index in [0.29, 0.717) is 0 Å². The summed E-state index contributed by atoms with van der Waals surface area (Å²) in [5.74, 6) is 0. The van der Waals surface area contributed by atoms with Crippen molar-refractivity contribution in [3.8, 4) is 0 Å². The van der Waals surface area contributed by atoms with Gasteiger partial charge in [0.05, 0.1) is 26.4 Å². The van der Waals surface area contributed by atoms with E-state index in [2.05, 4.69) is 4.52 Å². The van der Waals surface area contributed by atoms with Gasteiger partial charge in [0.2, 0.25) is 0 Å². The van der Waals surface area contributed by atoms with Crippen LogP contribution in [0.5, 0.6) is 0 Å². The van der Waals surface area contributed by atoms with E-state index in [9.17, 15) is 4.57 Å². The average molecular weight is 324 g/mol. The maximum atomic E-state index is 10.1. The zero-order valence-corrected chi connectivity index (χ0v) is 11.3. The second-order valence-electron chi connectivity index (χ2n) is 3.60. The van der Waals surface area contributed by atoms with Crippen molar-refractivity contribution in [3.05, 3.63) is 0 Å². The molecule has 4 atom stereocenters. The smallest absolute Gasteiger partial charge is 0.394 e. The predicted molar refractivity (Wildman–Crippen MR) is 63.3 cm³/mol. The van der Waals surface area contributed by atoms with Crippen LogP contribution in [0.1, 0.15) is 0 Å². The van der Waals surface area contributed by atoms with Gasteiger partial charge in [0.1, 0.15) is 24.4 Å². The second-order valence-corrected chi connectivity index (χ2v) is 4.84. The molecule has 0 aromatic heterocycles. The fraction of sp³-hybridized carbons (Fsp3) is 1.00. The minimum atomic E-state index is -4.62. The molecule has 11 nitrogen and oxygen atoms in total. The molecule has 20 heavy (non-hydrogen) atoms. The van der Waals surface area contributed by atoms with E-state index >= 15 is 0 Å². The van der Waals surface area contributed by atoms with Crippen molar-refractivity contribution < 1.29 is 54.6 Å². The van der Waals surface area contributed by atoms with Gasteiger partial charge in [0.15, 0.2) is 0 Å². The Kier molecular flexibility index (Phi) is 12.7. The van der Waals surface area contributed by atoms with Gasteiger partial charge in [-0.25, -0.2) is 4.57 Å². The van der Waals surface area contributed by atoms with E-state index in [0.717, 1.165) is 0 Å². The molecule has 0 saturated heterocycles. The predicted octanol–water partition coefficient (Wildman–Crippen LogP) is -4.50. The van der Waals surface area contributed by atoms with Gasteiger partial charge in [-0.15, -0.1) is 0 Å². The highest BCUT2D eigenvalue weighted by Crippen LogP contribution is 2.35. The van der Waals surface area contributed by atoms with Crippen molar-refractivity contribution in [1.82, 2.24) is 0 Å². The number of hydrogen-bond donors (Lipinski definition) is 9. The van der Waals surface area contributed by atoms with Gasteiger partial charge in [0.25, 0.3) is 0 Å². The summed E-state index contributed by atoms with van der Waals surface area (Å²) in [5.41, 5.74) is 0. The number of aliphatic hydroxyl groups excluding tert-OH is 7. The number of phosphoric ester groups is 1. The molecule has 0 aliphatic heterocycles. The fourth-order valence-corrected chi connectivity index (χ4v) is 0.996. The third kappa shape index (κ3) is 12.8. The standard InChI is InChI=1S/C4H11O7P.C4H10O4/c5-1-3(6)4(7)2-11-12(8,9)10;5-1-3(7)4(8)2-6/h3-7H,1-2H2,(H2,8,9,10);3-8H,1-2H2/t2*3-,4-/m10/s1. The van der Waals surface area contributed by atoms with E-state index in [1.54, 1.807) is 0 Å². The zero-order chi connectivity index (χ0) is 16.3. The molecule has 9 N–H and O–H groups in total. The number of phosphoric acid groups is 1. The Bertz CT molecular complexity index is 261. The molecule has 0 amide bonds. The third-order valence-electron chi connectivity index (χ3n) is 1.86. The van der Waals surface area contributed by atoms with E-state index in [-0.39, 0.29) is 0 Å².